The standard InChI is InChI=1S/C16H20FN5O2/c1-11-2-3-12(6-13(11)17)7-18-15(23)9-22-5-4-16(24,10-22)14-8-19-21-20-14/h2-3,6,8,24H,4-5,7,9-10H2,1H3,(H,18,23)(H,19,20,21)/t16-/m0/s1. The molecule has 1 fully saturated rings. The van der Waals surface area contributed by atoms with E-state index in [1.807, 2.05) is 4.90 Å². The monoisotopic (exact) mass is 333 g/mol. The molecule has 2 aromatic rings. The van der Waals surface area contributed by atoms with E-state index in [1.54, 1.807) is 19.1 Å². The van der Waals surface area contributed by atoms with Gasteiger partial charge >= 0.3 is 0 Å². The minimum Gasteiger partial charge on any atom is -0.382 e. The molecule has 0 saturated carbocycles. The van der Waals surface area contributed by atoms with Crippen molar-refractivity contribution in [2.45, 2.75) is 25.5 Å². The molecule has 3 rings (SSSR count). The number of H-pyrrole nitrogens is 1. The molecule has 0 bridgehead atoms. The average molecular weight is 333 g/mol. The zero-order valence-corrected chi connectivity index (χ0v) is 13.4. The Morgan fingerprint density at radius 3 is 3.08 bits per heavy atom. The fourth-order valence-corrected chi connectivity index (χ4v) is 2.85. The lowest BCUT2D eigenvalue weighted by molar-refractivity contribution is -0.122. The Labute approximate surface area is 138 Å². The molecule has 128 valence electrons. The molecule has 0 aliphatic carbocycles. The quantitative estimate of drug-likeness (QED) is 0.739. The van der Waals surface area contributed by atoms with Crippen molar-refractivity contribution in [1.29, 1.82) is 0 Å². The molecule has 1 aliphatic heterocycles. The van der Waals surface area contributed by atoms with Crippen LogP contribution in [0.3, 0.4) is 0 Å². The van der Waals surface area contributed by atoms with Crippen molar-refractivity contribution in [3.05, 3.63) is 47.0 Å². The summed E-state index contributed by atoms with van der Waals surface area (Å²) in [5, 5.41) is 23.5. The molecule has 3 N–H and O–H groups in total. The van der Waals surface area contributed by atoms with Crippen LogP contribution in [0.2, 0.25) is 0 Å². The first-order chi connectivity index (χ1) is 11.5. The second-order valence-electron chi connectivity index (χ2n) is 6.21. The van der Waals surface area contributed by atoms with Crippen molar-refractivity contribution >= 4 is 5.91 Å². The number of aryl methyl sites for hydroxylation is 1. The first-order valence-electron chi connectivity index (χ1n) is 7.79. The van der Waals surface area contributed by atoms with Crippen LogP contribution in [0, 0.1) is 12.7 Å². The molecule has 1 amide bonds. The number of carbonyl (C=O) groups excluding carboxylic acids is 1. The summed E-state index contributed by atoms with van der Waals surface area (Å²) < 4.78 is 13.5. The molecular formula is C16H20FN5O2. The summed E-state index contributed by atoms with van der Waals surface area (Å²) in [4.78, 5) is 13.9. The van der Waals surface area contributed by atoms with Gasteiger partial charge in [0.2, 0.25) is 5.91 Å². The van der Waals surface area contributed by atoms with Gasteiger partial charge in [0.05, 0.1) is 12.7 Å². The minimum atomic E-state index is -1.08. The van der Waals surface area contributed by atoms with Gasteiger partial charge in [0.25, 0.3) is 0 Å². The first-order valence-corrected chi connectivity index (χ1v) is 7.79. The summed E-state index contributed by atoms with van der Waals surface area (Å²) in [5.41, 5.74) is 0.703. The third-order valence-electron chi connectivity index (χ3n) is 4.31. The number of benzene rings is 1. The molecule has 8 heteroatoms. The summed E-state index contributed by atoms with van der Waals surface area (Å²) in [6.07, 6.45) is 1.99. The lowest BCUT2D eigenvalue weighted by atomic mass is 10.0. The molecule has 7 nitrogen and oxygen atoms in total. The number of β-amino-alcohol motifs (C(OH)–C–C–N with tert-alkyl or cyclic N) is 1. The largest absolute Gasteiger partial charge is 0.382 e. The van der Waals surface area contributed by atoms with E-state index in [2.05, 4.69) is 20.7 Å². The molecule has 1 atom stereocenters. The molecule has 0 radical (unpaired) electrons. The van der Waals surface area contributed by atoms with Crippen LogP contribution in [-0.4, -0.2) is 51.0 Å². The summed E-state index contributed by atoms with van der Waals surface area (Å²) in [6.45, 7) is 3.06. The number of likely N-dealkylation sites (tertiary alicyclic amines) is 1. The number of rotatable bonds is 5. The fourth-order valence-electron chi connectivity index (χ4n) is 2.85. The third-order valence-corrected chi connectivity index (χ3v) is 4.31. The van der Waals surface area contributed by atoms with Crippen molar-refractivity contribution in [3.63, 3.8) is 0 Å². The molecule has 0 unspecified atom stereocenters. The summed E-state index contributed by atoms with van der Waals surface area (Å²) in [6, 6.07) is 4.90. The van der Waals surface area contributed by atoms with Crippen LogP contribution < -0.4 is 5.32 Å². The first kappa shape index (κ1) is 16.5. The number of nitrogens with one attached hydrogen (secondary N) is 2. The van der Waals surface area contributed by atoms with Gasteiger partial charge in [-0.2, -0.15) is 15.4 Å². The van der Waals surface area contributed by atoms with Crippen molar-refractivity contribution in [2.24, 2.45) is 0 Å². The van der Waals surface area contributed by atoms with Crippen LogP contribution in [0.1, 0.15) is 23.2 Å². The van der Waals surface area contributed by atoms with E-state index in [1.165, 1.54) is 12.3 Å². The number of halogens is 1. The van der Waals surface area contributed by atoms with Crippen LogP contribution >= 0.6 is 0 Å². The highest BCUT2D eigenvalue weighted by molar-refractivity contribution is 5.78. The van der Waals surface area contributed by atoms with Crippen LogP contribution in [-0.2, 0) is 16.9 Å². The Balaban J connectivity index is 1.50. The zero-order chi connectivity index (χ0) is 17.2. The highest BCUT2D eigenvalue weighted by Gasteiger charge is 2.40. The van der Waals surface area contributed by atoms with E-state index >= 15 is 0 Å². The van der Waals surface area contributed by atoms with Crippen LogP contribution in [0.15, 0.2) is 24.4 Å². The summed E-state index contributed by atoms with van der Waals surface area (Å²) in [5.74, 6) is -0.445. The lowest BCUT2D eigenvalue weighted by Gasteiger charge is -2.20. The van der Waals surface area contributed by atoms with Crippen LogP contribution in [0.4, 0.5) is 4.39 Å². The number of aromatic amines is 1. The fraction of sp³-hybridized carbons (Fsp3) is 0.438. The topological polar surface area (TPSA) is 94.1 Å². The van der Waals surface area contributed by atoms with Crippen molar-refractivity contribution < 1.29 is 14.3 Å². The van der Waals surface area contributed by atoms with Crippen molar-refractivity contribution in [3.8, 4) is 0 Å². The normalized spacial score (nSPS) is 21.1. The Morgan fingerprint density at radius 2 is 2.38 bits per heavy atom. The number of aliphatic hydroxyl groups is 1. The maximum atomic E-state index is 13.5. The predicted molar refractivity (Wildman–Crippen MR) is 84.3 cm³/mol. The second kappa shape index (κ2) is 6.66. The van der Waals surface area contributed by atoms with Crippen LogP contribution in [0.5, 0.6) is 0 Å². The van der Waals surface area contributed by atoms with Gasteiger partial charge < -0.3 is 10.4 Å². The Bertz CT molecular complexity index is 721. The molecule has 1 saturated heterocycles. The number of hydrogen-bond acceptors (Lipinski definition) is 5. The van der Waals surface area contributed by atoms with E-state index in [0.717, 1.165) is 0 Å². The van der Waals surface area contributed by atoms with Gasteiger partial charge in [-0.05, 0) is 30.5 Å². The van der Waals surface area contributed by atoms with Gasteiger partial charge in [-0.15, -0.1) is 0 Å². The minimum absolute atomic E-state index is 0.166. The van der Waals surface area contributed by atoms with Crippen molar-refractivity contribution in [2.75, 3.05) is 19.6 Å². The number of amides is 1. The highest BCUT2D eigenvalue weighted by atomic mass is 19.1. The lowest BCUT2D eigenvalue weighted by Crippen LogP contribution is -2.38. The number of nitrogens with zero attached hydrogens (tertiary/aromatic N) is 3. The highest BCUT2D eigenvalue weighted by Crippen LogP contribution is 2.29. The SMILES string of the molecule is Cc1ccc(CNC(=O)CN2CC[C@@](O)(c3cn[nH]n3)C2)cc1F. The molecule has 2 heterocycles. The van der Waals surface area contributed by atoms with Gasteiger partial charge in [-0.1, -0.05) is 12.1 Å². The van der Waals surface area contributed by atoms with Crippen molar-refractivity contribution in [1.82, 2.24) is 25.6 Å². The van der Waals surface area contributed by atoms with E-state index in [4.69, 9.17) is 0 Å². The molecule has 1 aromatic heterocycles. The van der Waals surface area contributed by atoms with Gasteiger partial charge in [-0.3, -0.25) is 9.69 Å². The van der Waals surface area contributed by atoms with Gasteiger partial charge in [-0.25, -0.2) is 4.39 Å². The van der Waals surface area contributed by atoms with E-state index < -0.39 is 5.60 Å². The molecule has 24 heavy (non-hydrogen) atoms. The summed E-state index contributed by atoms with van der Waals surface area (Å²) >= 11 is 0. The number of hydrogen-bond donors (Lipinski definition) is 3. The van der Waals surface area contributed by atoms with E-state index in [9.17, 15) is 14.3 Å². The van der Waals surface area contributed by atoms with Gasteiger partial charge in [0, 0.05) is 19.6 Å². The number of aromatic nitrogens is 3. The summed E-state index contributed by atoms with van der Waals surface area (Å²) in [7, 11) is 0. The molecule has 0 spiro atoms. The van der Waals surface area contributed by atoms with Gasteiger partial charge in [0.15, 0.2) is 0 Å². The zero-order valence-electron chi connectivity index (χ0n) is 13.4. The Kier molecular flexibility index (Phi) is 4.59. The maximum Gasteiger partial charge on any atom is 0.234 e. The number of carbonyl (C=O) groups is 1. The van der Waals surface area contributed by atoms with Crippen LogP contribution in [0.25, 0.3) is 0 Å². The predicted octanol–water partition coefficient (Wildman–Crippen LogP) is 0.462. The molecule has 1 aliphatic rings. The third kappa shape index (κ3) is 3.60. The average Bonchev–Trinajstić information content (AvgIpc) is 3.20. The van der Waals surface area contributed by atoms with E-state index in [-0.39, 0.29) is 24.8 Å². The van der Waals surface area contributed by atoms with Gasteiger partial charge in [0.1, 0.15) is 17.1 Å². The van der Waals surface area contributed by atoms with E-state index in [0.29, 0.717) is 36.3 Å². The smallest absolute Gasteiger partial charge is 0.234 e. The molecule has 1 aromatic carbocycles. The maximum absolute atomic E-state index is 13.5. The Hall–Kier alpha value is -2.32. The molecular weight excluding hydrogens is 313 g/mol. The Morgan fingerprint density at radius 1 is 1.54 bits per heavy atom. The second-order valence-corrected chi connectivity index (χ2v) is 6.21.